The van der Waals surface area contributed by atoms with E-state index in [0.29, 0.717) is 30.5 Å². The van der Waals surface area contributed by atoms with Gasteiger partial charge < -0.3 is 14.5 Å². The van der Waals surface area contributed by atoms with Crippen LogP contribution in [0.4, 0.5) is 10.6 Å². The van der Waals surface area contributed by atoms with Crippen LogP contribution in [0.5, 0.6) is 0 Å². The van der Waals surface area contributed by atoms with Crippen LogP contribution < -0.4 is 4.90 Å². The highest BCUT2D eigenvalue weighted by molar-refractivity contribution is 9.10. The SMILES string of the molecule is CC(C)(C)OC(=O)N1CCN(c2ncnc3c2c(Br)cn3-c2cc(Cl)ccn2)C(C)(C)C1. The van der Waals surface area contributed by atoms with Crippen molar-refractivity contribution in [1.29, 1.82) is 0 Å². The molecule has 0 atom stereocenters. The van der Waals surface area contributed by atoms with Gasteiger partial charge in [-0.15, -0.1) is 0 Å². The molecule has 0 N–H and O–H groups in total. The minimum atomic E-state index is -0.528. The van der Waals surface area contributed by atoms with Gasteiger partial charge >= 0.3 is 6.09 Å². The van der Waals surface area contributed by atoms with Gasteiger partial charge in [0.25, 0.3) is 0 Å². The van der Waals surface area contributed by atoms with Crippen molar-refractivity contribution in [3.8, 4) is 5.82 Å². The third-order valence-electron chi connectivity index (χ3n) is 5.28. The topological polar surface area (TPSA) is 76.4 Å². The molecule has 0 spiro atoms. The standard InChI is InChI=1S/C22H26BrClN6O2/c1-21(2,3)32-20(31)28-8-9-30(22(4,5)12-28)19-17-15(23)11-29(18(17)26-13-27-19)16-10-14(24)6-7-25-16/h6-7,10-11,13H,8-9,12H2,1-5H3. The second-order valence-electron chi connectivity index (χ2n) is 9.44. The van der Waals surface area contributed by atoms with Crippen LogP contribution in [-0.2, 0) is 4.74 Å². The van der Waals surface area contributed by atoms with Crippen LogP contribution in [0.25, 0.3) is 16.9 Å². The summed E-state index contributed by atoms with van der Waals surface area (Å²) < 4.78 is 8.32. The van der Waals surface area contributed by atoms with Gasteiger partial charge in [0.15, 0.2) is 5.65 Å². The molecule has 0 aliphatic carbocycles. The lowest BCUT2D eigenvalue weighted by atomic mass is 9.98. The number of piperazine rings is 1. The van der Waals surface area contributed by atoms with Crippen molar-refractivity contribution in [3.63, 3.8) is 0 Å². The maximum Gasteiger partial charge on any atom is 0.410 e. The summed E-state index contributed by atoms with van der Waals surface area (Å²) in [6.07, 6.45) is 4.85. The Bertz CT molecular complexity index is 1170. The number of carbonyl (C=O) groups is 1. The summed E-state index contributed by atoms with van der Waals surface area (Å²) in [7, 11) is 0. The van der Waals surface area contributed by atoms with E-state index in [1.165, 1.54) is 0 Å². The van der Waals surface area contributed by atoms with Crippen molar-refractivity contribution in [2.75, 3.05) is 24.5 Å². The zero-order valence-electron chi connectivity index (χ0n) is 18.8. The van der Waals surface area contributed by atoms with E-state index in [4.69, 9.17) is 16.3 Å². The minimum absolute atomic E-state index is 0.294. The molecule has 1 fully saturated rings. The molecule has 0 unspecified atom stereocenters. The lowest BCUT2D eigenvalue weighted by molar-refractivity contribution is 0.0179. The molecule has 0 aromatic carbocycles. The predicted octanol–water partition coefficient (Wildman–Crippen LogP) is 5.07. The number of anilines is 1. The predicted molar refractivity (Wildman–Crippen MR) is 129 cm³/mol. The summed E-state index contributed by atoms with van der Waals surface area (Å²) in [6, 6.07) is 3.53. The fourth-order valence-electron chi connectivity index (χ4n) is 3.94. The molecular formula is C22H26BrClN6O2. The summed E-state index contributed by atoms with van der Waals surface area (Å²) in [5, 5.41) is 1.48. The van der Waals surface area contributed by atoms with Crippen molar-refractivity contribution in [2.24, 2.45) is 0 Å². The Morgan fingerprint density at radius 1 is 1.22 bits per heavy atom. The Hall–Kier alpha value is -2.39. The van der Waals surface area contributed by atoms with Gasteiger partial charge in [-0.05, 0) is 56.6 Å². The summed E-state index contributed by atoms with van der Waals surface area (Å²) in [5.74, 6) is 1.48. The summed E-state index contributed by atoms with van der Waals surface area (Å²) in [5.41, 5.74) is -0.173. The number of halogens is 2. The van der Waals surface area contributed by atoms with Crippen LogP contribution in [0, 0.1) is 0 Å². The summed E-state index contributed by atoms with van der Waals surface area (Å²) in [6.45, 7) is 11.5. The molecule has 0 bridgehead atoms. The highest BCUT2D eigenvalue weighted by atomic mass is 79.9. The number of carbonyl (C=O) groups excluding carboxylic acids is 1. The highest BCUT2D eigenvalue weighted by Gasteiger charge is 2.39. The Labute approximate surface area is 200 Å². The molecular weight excluding hydrogens is 496 g/mol. The molecule has 4 heterocycles. The number of rotatable bonds is 2. The van der Waals surface area contributed by atoms with Gasteiger partial charge in [-0.3, -0.25) is 4.57 Å². The number of ether oxygens (including phenoxy) is 1. The molecule has 8 nitrogen and oxygen atoms in total. The van der Waals surface area contributed by atoms with E-state index in [0.717, 1.165) is 21.3 Å². The van der Waals surface area contributed by atoms with Crippen molar-refractivity contribution < 1.29 is 9.53 Å². The fourth-order valence-corrected chi connectivity index (χ4v) is 4.65. The van der Waals surface area contributed by atoms with Gasteiger partial charge in [-0.2, -0.15) is 0 Å². The molecule has 32 heavy (non-hydrogen) atoms. The molecule has 1 aliphatic heterocycles. The Kier molecular flexibility index (Phi) is 5.83. The zero-order valence-corrected chi connectivity index (χ0v) is 21.1. The van der Waals surface area contributed by atoms with Crippen molar-refractivity contribution >= 4 is 50.5 Å². The van der Waals surface area contributed by atoms with Crippen molar-refractivity contribution in [2.45, 2.75) is 45.8 Å². The number of amides is 1. The van der Waals surface area contributed by atoms with E-state index in [1.807, 2.05) is 31.5 Å². The monoisotopic (exact) mass is 520 g/mol. The van der Waals surface area contributed by atoms with Gasteiger partial charge in [0.2, 0.25) is 0 Å². The van der Waals surface area contributed by atoms with Crippen molar-refractivity contribution in [1.82, 2.24) is 24.4 Å². The first-order valence-corrected chi connectivity index (χ1v) is 11.5. The average Bonchev–Trinajstić information content (AvgIpc) is 3.03. The first-order valence-electron chi connectivity index (χ1n) is 10.4. The zero-order chi connectivity index (χ0) is 23.3. The molecule has 1 saturated heterocycles. The first-order chi connectivity index (χ1) is 15.0. The molecule has 0 saturated carbocycles. The van der Waals surface area contributed by atoms with Crippen LogP contribution >= 0.6 is 27.5 Å². The van der Waals surface area contributed by atoms with Gasteiger partial charge in [0.1, 0.15) is 23.6 Å². The molecule has 3 aromatic rings. The normalized spacial score (nSPS) is 16.5. The van der Waals surface area contributed by atoms with Crippen LogP contribution in [-0.4, -0.2) is 61.3 Å². The van der Waals surface area contributed by atoms with Crippen LogP contribution in [0.1, 0.15) is 34.6 Å². The molecule has 1 aliphatic rings. The molecule has 4 rings (SSSR count). The van der Waals surface area contributed by atoms with Crippen LogP contribution in [0.15, 0.2) is 35.3 Å². The number of aromatic nitrogens is 4. The molecule has 10 heteroatoms. The molecule has 0 radical (unpaired) electrons. The Morgan fingerprint density at radius 3 is 2.62 bits per heavy atom. The first kappa shape index (κ1) is 22.8. The molecule has 170 valence electrons. The van der Waals surface area contributed by atoms with Crippen LogP contribution in [0.2, 0.25) is 5.02 Å². The van der Waals surface area contributed by atoms with Gasteiger partial charge in [0, 0.05) is 47.6 Å². The lowest BCUT2D eigenvalue weighted by Crippen LogP contribution is -2.61. The lowest BCUT2D eigenvalue weighted by Gasteiger charge is -2.47. The summed E-state index contributed by atoms with van der Waals surface area (Å²) >= 11 is 9.86. The average molecular weight is 522 g/mol. The number of hydrogen-bond acceptors (Lipinski definition) is 6. The van der Waals surface area contributed by atoms with Crippen molar-refractivity contribution in [3.05, 3.63) is 40.3 Å². The maximum atomic E-state index is 12.6. The number of hydrogen-bond donors (Lipinski definition) is 0. The van der Waals surface area contributed by atoms with Gasteiger partial charge in [0.05, 0.1) is 10.9 Å². The minimum Gasteiger partial charge on any atom is -0.444 e. The third-order valence-corrected chi connectivity index (χ3v) is 6.12. The second-order valence-corrected chi connectivity index (χ2v) is 10.7. The highest BCUT2D eigenvalue weighted by Crippen LogP contribution is 2.37. The smallest absolute Gasteiger partial charge is 0.410 e. The number of pyridine rings is 1. The molecule has 3 aromatic heterocycles. The van der Waals surface area contributed by atoms with Gasteiger partial charge in [-0.25, -0.2) is 19.7 Å². The maximum absolute atomic E-state index is 12.6. The van der Waals surface area contributed by atoms with E-state index < -0.39 is 5.60 Å². The fraction of sp³-hybridized carbons (Fsp3) is 0.455. The quantitative estimate of drug-likeness (QED) is 0.469. The molecule has 1 amide bonds. The third kappa shape index (κ3) is 4.41. The second kappa shape index (κ2) is 8.19. The van der Waals surface area contributed by atoms with Gasteiger partial charge in [-0.1, -0.05) is 11.6 Å². The van der Waals surface area contributed by atoms with E-state index in [1.54, 1.807) is 29.6 Å². The largest absolute Gasteiger partial charge is 0.444 e. The number of fused-ring (bicyclic) bond motifs is 1. The Balaban J connectivity index is 1.69. The Morgan fingerprint density at radius 2 is 1.97 bits per heavy atom. The van der Waals surface area contributed by atoms with E-state index >= 15 is 0 Å². The number of nitrogens with zero attached hydrogens (tertiary/aromatic N) is 6. The van der Waals surface area contributed by atoms with Crippen LogP contribution in [0.3, 0.4) is 0 Å². The summed E-state index contributed by atoms with van der Waals surface area (Å²) in [4.78, 5) is 30.2. The van der Waals surface area contributed by atoms with E-state index in [2.05, 4.69) is 49.6 Å². The van der Waals surface area contributed by atoms with E-state index in [-0.39, 0.29) is 11.6 Å². The van der Waals surface area contributed by atoms with E-state index in [9.17, 15) is 4.79 Å².